The molecule has 0 aromatic rings. The molecule has 0 amide bonds. The molecule has 0 saturated heterocycles. The second-order valence-electron chi connectivity index (χ2n) is 8.47. The number of hydrogen-bond acceptors (Lipinski definition) is 3. The molecule has 0 aliphatic heterocycles. The average Bonchev–Trinajstić information content (AvgIpc) is 2.81. The van der Waals surface area contributed by atoms with E-state index in [9.17, 15) is 9.90 Å². The first-order valence-corrected chi connectivity index (χ1v) is 7.59. The molecule has 19 heavy (non-hydrogen) atoms. The van der Waals surface area contributed by atoms with Gasteiger partial charge in [0.1, 0.15) is 5.60 Å². The maximum atomic E-state index is 12.3. The van der Waals surface area contributed by atoms with E-state index in [1.165, 1.54) is 0 Å². The van der Waals surface area contributed by atoms with Crippen molar-refractivity contribution in [1.29, 1.82) is 0 Å². The van der Waals surface area contributed by atoms with Crippen LogP contribution in [0.2, 0.25) is 0 Å². The Hall–Kier alpha value is -0.570. The van der Waals surface area contributed by atoms with Gasteiger partial charge < -0.3 is 9.84 Å². The third-order valence-corrected chi connectivity index (χ3v) is 5.49. The summed E-state index contributed by atoms with van der Waals surface area (Å²) in [5.74, 6) is 0.670. The summed E-state index contributed by atoms with van der Waals surface area (Å²) in [5.41, 5.74) is -0.689. The van der Waals surface area contributed by atoms with E-state index in [4.69, 9.17) is 4.74 Å². The first kappa shape index (κ1) is 13.4. The monoisotopic (exact) mass is 266 g/mol. The van der Waals surface area contributed by atoms with Crippen LogP contribution in [0.4, 0.5) is 0 Å². The van der Waals surface area contributed by atoms with Gasteiger partial charge in [-0.3, -0.25) is 4.79 Å². The third-order valence-electron chi connectivity index (χ3n) is 5.49. The molecule has 5 atom stereocenters. The largest absolute Gasteiger partial charge is 0.458 e. The Balaban J connectivity index is 1.66. The molecule has 3 nitrogen and oxygen atoms in total. The molecule has 108 valence electrons. The molecule has 4 bridgehead atoms. The zero-order valence-electron chi connectivity index (χ0n) is 12.5. The minimum atomic E-state index is -0.516. The molecular formula is C16H26O3. The SMILES string of the molecule is CC(CC(C)(C)C)C(=O)OC12CC3CC1CC3(O)C2. The molecule has 4 saturated carbocycles. The van der Waals surface area contributed by atoms with Crippen LogP contribution >= 0.6 is 0 Å². The van der Waals surface area contributed by atoms with Gasteiger partial charge in [0.2, 0.25) is 0 Å². The number of carbonyl (C=O) groups is 1. The number of ether oxygens (including phenoxy) is 1. The van der Waals surface area contributed by atoms with Crippen LogP contribution in [0.1, 0.15) is 59.8 Å². The van der Waals surface area contributed by atoms with Gasteiger partial charge in [-0.05, 0) is 37.0 Å². The van der Waals surface area contributed by atoms with Crippen molar-refractivity contribution in [3.05, 3.63) is 0 Å². The Bertz CT molecular complexity index is 411. The van der Waals surface area contributed by atoms with E-state index >= 15 is 0 Å². The number of hydrogen-bond donors (Lipinski definition) is 1. The van der Waals surface area contributed by atoms with E-state index in [1.54, 1.807) is 0 Å². The minimum absolute atomic E-state index is 0.0548. The smallest absolute Gasteiger partial charge is 0.309 e. The van der Waals surface area contributed by atoms with Gasteiger partial charge in [0, 0.05) is 12.3 Å². The van der Waals surface area contributed by atoms with Crippen LogP contribution < -0.4 is 0 Å². The molecule has 4 fully saturated rings. The number of esters is 1. The molecule has 0 spiro atoms. The fourth-order valence-electron chi connectivity index (χ4n) is 4.91. The van der Waals surface area contributed by atoms with Crippen LogP contribution in [-0.2, 0) is 9.53 Å². The van der Waals surface area contributed by atoms with E-state index in [0.717, 1.165) is 25.7 Å². The van der Waals surface area contributed by atoms with Crippen LogP contribution in [-0.4, -0.2) is 22.3 Å². The summed E-state index contributed by atoms with van der Waals surface area (Å²) < 4.78 is 5.92. The summed E-state index contributed by atoms with van der Waals surface area (Å²) >= 11 is 0. The Kier molecular flexibility index (Phi) is 2.65. The van der Waals surface area contributed by atoms with Gasteiger partial charge in [0.05, 0.1) is 11.5 Å². The molecule has 0 aromatic heterocycles. The van der Waals surface area contributed by atoms with Gasteiger partial charge in [0.15, 0.2) is 0 Å². The van der Waals surface area contributed by atoms with Crippen molar-refractivity contribution in [3.63, 3.8) is 0 Å². The van der Waals surface area contributed by atoms with Crippen LogP contribution in [0, 0.1) is 23.2 Å². The van der Waals surface area contributed by atoms with E-state index in [1.807, 2.05) is 6.92 Å². The Morgan fingerprint density at radius 2 is 2.05 bits per heavy atom. The highest BCUT2D eigenvalue weighted by Gasteiger charge is 2.72. The maximum Gasteiger partial charge on any atom is 0.309 e. The van der Waals surface area contributed by atoms with Crippen LogP contribution in [0.15, 0.2) is 0 Å². The van der Waals surface area contributed by atoms with Crippen LogP contribution in [0.25, 0.3) is 0 Å². The second kappa shape index (κ2) is 3.75. The molecule has 1 N–H and O–H groups in total. The van der Waals surface area contributed by atoms with E-state index in [0.29, 0.717) is 18.3 Å². The summed E-state index contributed by atoms with van der Waals surface area (Å²) in [7, 11) is 0. The standard InChI is InChI=1S/C16H26O3/c1-10(6-14(2,3)4)13(17)19-16-8-11-5-12(16)7-15(11,18)9-16/h10-12,18H,5-9H2,1-4H3. The highest BCUT2D eigenvalue weighted by atomic mass is 16.6. The molecular weight excluding hydrogens is 240 g/mol. The normalized spacial score (nSPS) is 44.9. The Morgan fingerprint density at radius 3 is 2.42 bits per heavy atom. The van der Waals surface area contributed by atoms with Crippen molar-refractivity contribution < 1.29 is 14.6 Å². The topological polar surface area (TPSA) is 46.5 Å². The molecule has 5 unspecified atom stereocenters. The highest BCUT2D eigenvalue weighted by molar-refractivity contribution is 5.73. The van der Waals surface area contributed by atoms with Crippen molar-refractivity contribution in [3.8, 4) is 0 Å². The van der Waals surface area contributed by atoms with Crippen molar-refractivity contribution in [2.75, 3.05) is 0 Å². The van der Waals surface area contributed by atoms with Gasteiger partial charge in [0.25, 0.3) is 0 Å². The van der Waals surface area contributed by atoms with E-state index in [2.05, 4.69) is 20.8 Å². The quantitative estimate of drug-likeness (QED) is 0.799. The predicted octanol–water partition coefficient (Wildman–Crippen LogP) is 2.91. The summed E-state index contributed by atoms with van der Waals surface area (Å²) in [6.07, 6.45) is 4.32. The van der Waals surface area contributed by atoms with Crippen molar-refractivity contribution >= 4 is 5.97 Å². The lowest BCUT2D eigenvalue weighted by Gasteiger charge is -2.31. The highest BCUT2D eigenvalue weighted by Crippen LogP contribution is 2.68. The Labute approximate surface area is 115 Å². The van der Waals surface area contributed by atoms with Gasteiger partial charge in [-0.15, -0.1) is 0 Å². The first-order valence-electron chi connectivity index (χ1n) is 7.59. The average molecular weight is 266 g/mol. The summed E-state index contributed by atoms with van der Waals surface area (Å²) in [6, 6.07) is 0. The second-order valence-corrected chi connectivity index (χ2v) is 8.47. The zero-order valence-corrected chi connectivity index (χ0v) is 12.5. The Morgan fingerprint density at radius 1 is 1.37 bits per heavy atom. The molecule has 3 heteroatoms. The molecule has 4 rings (SSSR count). The predicted molar refractivity (Wildman–Crippen MR) is 72.5 cm³/mol. The molecule has 4 aliphatic carbocycles. The van der Waals surface area contributed by atoms with Gasteiger partial charge in [-0.25, -0.2) is 0 Å². The van der Waals surface area contributed by atoms with Gasteiger partial charge in [-0.2, -0.15) is 0 Å². The summed E-state index contributed by atoms with van der Waals surface area (Å²) in [5, 5.41) is 10.5. The van der Waals surface area contributed by atoms with Gasteiger partial charge >= 0.3 is 5.97 Å². The molecule has 4 aliphatic rings. The lowest BCUT2D eigenvalue weighted by Crippen LogP contribution is -2.37. The molecule has 0 heterocycles. The first-order chi connectivity index (χ1) is 8.64. The van der Waals surface area contributed by atoms with E-state index < -0.39 is 5.60 Å². The van der Waals surface area contributed by atoms with Crippen molar-refractivity contribution in [1.82, 2.24) is 0 Å². The summed E-state index contributed by atoms with van der Waals surface area (Å²) in [4.78, 5) is 12.3. The lowest BCUT2D eigenvalue weighted by molar-refractivity contribution is -0.167. The van der Waals surface area contributed by atoms with Crippen molar-refractivity contribution in [2.45, 2.75) is 71.0 Å². The van der Waals surface area contributed by atoms with Crippen LogP contribution in [0.3, 0.4) is 0 Å². The number of carbonyl (C=O) groups excluding carboxylic acids is 1. The number of aliphatic hydroxyl groups is 1. The third kappa shape index (κ3) is 2.01. The zero-order chi connectivity index (χ0) is 14.1. The molecule has 0 radical (unpaired) electrons. The minimum Gasteiger partial charge on any atom is -0.458 e. The lowest BCUT2D eigenvalue weighted by atomic mass is 9.85. The fraction of sp³-hybridized carbons (Fsp3) is 0.938. The fourth-order valence-corrected chi connectivity index (χ4v) is 4.91. The van der Waals surface area contributed by atoms with E-state index in [-0.39, 0.29) is 22.9 Å². The summed E-state index contributed by atoms with van der Waals surface area (Å²) in [6.45, 7) is 8.41. The van der Waals surface area contributed by atoms with Crippen molar-refractivity contribution in [2.24, 2.45) is 23.2 Å². The molecule has 0 aromatic carbocycles. The van der Waals surface area contributed by atoms with Crippen LogP contribution in [0.5, 0.6) is 0 Å². The maximum absolute atomic E-state index is 12.3. The number of rotatable bonds is 3. The van der Waals surface area contributed by atoms with Gasteiger partial charge in [-0.1, -0.05) is 27.7 Å².